The largest absolute Gasteiger partial charge is 0.317 e. The molecule has 2 rings (SSSR count). The SMILES string of the molecule is ClC1=CC=C(C2CCNCC2)CC1. The van der Waals surface area contributed by atoms with Gasteiger partial charge in [-0.25, -0.2) is 0 Å². The molecule has 0 atom stereocenters. The molecule has 1 aliphatic heterocycles. The first-order chi connectivity index (χ1) is 6.36. The summed E-state index contributed by atoms with van der Waals surface area (Å²) in [5, 5.41) is 4.41. The van der Waals surface area contributed by atoms with Crippen LogP contribution in [-0.4, -0.2) is 13.1 Å². The smallest absolute Gasteiger partial charge is 0.0184 e. The Bertz CT molecular complexity index is 236. The predicted octanol–water partition coefficient (Wildman–Crippen LogP) is 2.83. The van der Waals surface area contributed by atoms with Crippen molar-refractivity contribution in [2.75, 3.05) is 13.1 Å². The van der Waals surface area contributed by atoms with Gasteiger partial charge in [0.05, 0.1) is 0 Å². The van der Waals surface area contributed by atoms with Crippen LogP contribution < -0.4 is 5.32 Å². The van der Waals surface area contributed by atoms with Crippen LogP contribution in [0, 0.1) is 5.92 Å². The second-order valence-corrected chi connectivity index (χ2v) is 4.36. The zero-order valence-corrected chi connectivity index (χ0v) is 8.61. The zero-order valence-electron chi connectivity index (χ0n) is 7.85. The Labute approximate surface area is 84.9 Å². The van der Waals surface area contributed by atoms with Crippen LogP contribution >= 0.6 is 11.6 Å². The van der Waals surface area contributed by atoms with E-state index >= 15 is 0 Å². The second kappa shape index (κ2) is 4.30. The van der Waals surface area contributed by atoms with Crippen molar-refractivity contribution in [1.82, 2.24) is 5.32 Å². The van der Waals surface area contributed by atoms with E-state index in [9.17, 15) is 0 Å². The Kier molecular flexibility index (Phi) is 3.07. The van der Waals surface area contributed by atoms with Crippen molar-refractivity contribution in [3.8, 4) is 0 Å². The minimum Gasteiger partial charge on any atom is -0.317 e. The quantitative estimate of drug-likeness (QED) is 0.682. The number of hydrogen-bond donors (Lipinski definition) is 1. The second-order valence-electron chi connectivity index (χ2n) is 3.88. The average Bonchev–Trinajstić information content (AvgIpc) is 2.20. The molecule has 13 heavy (non-hydrogen) atoms. The van der Waals surface area contributed by atoms with Crippen molar-refractivity contribution in [2.24, 2.45) is 5.92 Å². The molecular weight excluding hydrogens is 182 g/mol. The number of halogens is 1. The molecule has 1 nitrogen and oxygen atoms in total. The summed E-state index contributed by atoms with van der Waals surface area (Å²) in [5.74, 6) is 0.822. The van der Waals surface area contributed by atoms with Gasteiger partial charge in [0, 0.05) is 5.03 Å². The van der Waals surface area contributed by atoms with E-state index in [4.69, 9.17) is 11.6 Å². The number of nitrogens with one attached hydrogen (secondary N) is 1. The van der Waals surface area contributed by atoms with E-state index < -0.39 is 0 Å². The van der Waals surface area contributed by atoms with E-state index in [-0.39, 0.29) is 0 Å². The molecule has 0 aromatic rings. The van der Waals surface area contributed by atoms with Crippen molar-refractivity contribution in [1.29, 1.82) is 0 Å². The Morgan fingerprint density at radius 2 is 1.92 bits per heavy atom. The standard InChI is InChI=1S/C11H16ClN/c12-11-3-1-9(2-4-11)10-5-7-13-8-6-10/h1,3,10,13H,2,4-8H2. The van der Waals surface area contributed by atoms with Gasteiger partial charge in [0.1, 0.15) is 0 Å². The number of piperidine rings is 1. The van der Waals surface area contributed by atoms with Crippen LogP contribution in [-0.2, 0) is 0 Å². The molecule has 2 aliphatic rings. The normalized spacial score (nSPS) is 25.3. The number of allylic oxidation sites excluding steroid dienone is 4. The minimum atomic E-state index is 0.822. The Morgan fingerprint density at radius 3 is 2.54 bits per heavy atom. The summed E-state index contributed by atoms with van der Waals surface area (Å²) in [5.41, 5.74) is 1.62. The van der Waals surface area contributed by atoms with E-state index in [1.54, 1.807) is 5.57 Å². The molecule has 1 heterocycles. The van der Waals surface area contributed by atoms with Crippen LogP contribution in [0.3, 0.4) is 0 Å². The first-order valence-corrected chi connectivity index (χ1v) is 5.50. The lowest BCUT2D eigenvalue weighted by atomic mass is 9.85. The van der Waals surface area contributed by atoms with Crippen LogP contribution in [0.15, 0.2) is 22.8 Å². The average molecular weight is 198 g/mol. The summed E-state index contributed by atoms with van der Waals surface area (Å²) in [6, 6.07) is 0. The maximum atomic E-state index is 5.93. The number of rotatable bonds is 1. The molecule has 1 N–H and O–H groups in total. The number of hydrogen-bond acceptors (Lipinski definition) is 1. The molecule has 1 aliphatic carbocycles. The van der Waals surface area contributed by atoms with Gasteiger partial charge in [0.15, 0.2) is 0 Å². The Balaban J connectivity index is 1.99. The summed E-state index contributed by atoms with van der Waals surface area (Å²) in [6.07, 6.45) is 9.15. The maximum absolute atomic E-state index is 5.93. The van der Waals surface area contributed by atoms with Gasteiger partial charge < -0.3 is 5.32 Å². The third kappa shape index (κ3) is 2.35. The van der Waals surface area contributed by atoms with Gasteiger partial charge in [-0.2, -0.15) is 0 Å². The van der Waals surface area contributed by atoms with Crippen LogP contribution in [0.4, 0.5) is 0 Å². The van der Waals surface area contributed by atoms with Crippen molar-refractivity contribution < 1.29 is 0 Å². The third-order valence-corrected chi connectivity index (χ3v) is 3.31. The zero-order chi connectivity index (χ0) is 9.10. The highest BCUT2D eigenvalue weighted by atomic mass is 35.5. The Hall–Kier alpha value is -0.270. The molecule has 1 fully saturated rings. The minimum absolute atomic E-state index is 0.822. The summed E-state index contributed by atoms with van der Waals surface area (Å²) in [7, 11) is 0. The molecule has 0 radical (unpaired) electrons. The van der Waals surface area contributed by atoms with Crippen molar-refractivity contribution in [3.63, 3.8) is 0 Å². The molecule has 1 saturated heterocycles. The lowest BCUT2D eigenvalue weighted by Crippen LogP contribution is -2.28. The first-order valence-electron chi connectivity index (χ1n) is 5.12. The van der Waals surface area contributed by atoms with Crippen LogP contribution in [0.2, 0.25) is 0 Å². The lowest BCUT2D eigenvalue weighted by Gasteiger charge is -2.26. The maximum Gasteiger partial charge on any atom is 0.0184 e. The molecule has 0 unspecified atom stereocenters. The van der Waals surface area contributed by atoms with Crippen LogP contribution in [0.25, 0.3) is 0 Å². The van der Waals surface area contributed by atoms with Gasteiger partial charge >= 0.3 is 0 Å². The summed E-state index contributed by atoms with van der Waals surface area (Å²) >= 11 is 5.93. The van der Waals surface area contributed by atoms with E-state index in [0.717, 1.165) is 17.4 Å². The molecule has 0 amide bonds. The monoisotopic (exact) mass is 197 g/mol. The van der Waals surface area contributed by atoms with Crippen LogP contribution in [0.5, 0.6) is 0 Å². The Morgan fingerprint density at radius 1 is 1.15 bits per heavy atom. The molecule has 0 bridgehead atoms. The molecule has 72 valence electrons. The topological polar surface area (TPSA) is 12.0 Å². The summed E-state index contributed by atoms with van der Waals surface area (Å²) in [4.78, 5) is 0. The summed E-state index contributed by atoms with van der Waals surface area (Å²) in [6.45, 7) is 2.36. The summed E-state index contributed by atoms with van der Waals surface area (Å²) < 4.78 is 0. The molecule has 2 heteroatoms. The fourth-order valence-electron chi connectivity index (χ4n) is 2.16. The molecule has 0 aromatic heterocycles. The first kappa shape index (κ1) is 9.29. The van der Waals surface area contributed by atoms with Crippen molar-refractivity contribution in [2.45, 2.75) is 25.7 Å². The molecule has 0 aromatic carbocycles. The van der Waals surface area contributed by atoms with Gasteiger partial charge in [-0.15, -0.1) is 0 Å². The molecule has 0 spiro atoms. The third-order valence-electron chi connectivity index (χ3n) is 2.99. The van der Waals surface area contributed by atoms with E-state index in [2.05, 4.69) is 17.5 Å². The van der Waals surface area contributed by atoms with Gasteiger partial charge in [-0.05, 0) is 50.8 Å². The van der Waals surface area contributed by atoms with Crippen molar-refractivity contribution in [3.05, 3.63) is 22.8 Å². The highest BCUT2D eigenvalue weighted by Gasteiger charge is 2.18. The lowest BCUT2D eigenvalue weighted by molar-refractivity contribution is 0.410. The molecular formula is C11H16ClN. The van der Waals surface area contributed by atoms with Gasteiger partial charge in [-0.1, -0.05) is 23.3 Å². The van der Waals surface area contributed by atoms with Gasteiger partial charge in [0.2, 0.25) is 0 Å². The van der Waals surface area contributed by atoms with E-state index in [1.165, 1.54) is 32.4 Å². The highest BCUT2D eigenvalue weighted by Crippen LogP contribution is 2.30. The predicted molar refractivity (Wildman–Crippen MR) is 56.8 cm³/mol. The molecule has 0 saturated carbocycles. The van der Waals surface area contributed by atoms with E-state index in [1.807, 2.05) is 0 Å². The van der Waals surface area contributed by atoms with Gasteiger partial charge in [0.25, 0.3) is 0 Å². The fraction of sp³-hybridized carbons (Fsp3) is 0.636. The van der Waals surface area contributed by atoms with Crippen molar-refractivity contribution >= 4 is 11.6 Å². The van der Waals surface area contributed by atoms with Crippen LogP contribution in [0.1, 0.15) is 25.7 Å². The fourth-order valence-corrected chi connectivity index (χ4v) is 2.32. The highest BCUT2D eigenvalue weighted by molar-refractivity contribution is 6.29. The van der Waals surface area contributed by atoms with E-state index in [0.29, 0.717) is 0 Å². The van der Waals surface area contributed by atoms with Gasteiger partial charge in [-0.3, -0.25) is 0 Å².